The number of hydrogen-bond acceptors (Lipinski definition) is 4. The molecule has 0 saturated heterocycles. The Hall–Kier alpha value is -1.55. The number of carbonyl (C=O) groups is 1. The molecule has 0 bridgehead atoms. The van der Waals surface area contributed by atoms with Crippen LogP contribution in [-0.2, 0) is 9.53 Å². The highest BCUT2D eigenvalue weighted by molar-refractivity contribution is 5.76. The van der Waals surface area contributed by atoms with Gasteiger partial charge in [-0.1, -0.05) is 32.0 Å². The van der Waals surface area contributed by atoms with E-state index in [1.807, 2.05) is 30.3 Å². The van der Waals surface area contributed by atoms with Crippen LogP contribution < -0.4 is 4.74 Å². The molecular formula is C16H23NO3. The highest BCUT2D eigenvalue weighted by Crippen LogP contribution is 2.35. The molecular weight excluding hydrogens is 254 g/mol. The predicted octanol–water partition coefficient (Wildman–Crippen LogP) is 2.34. The minimum atomic E-state index is -0.127. The van der Waals surface area contributed by atoms with Gasteiger partial charge in [-0.15, -0.1) is 0 Å². The Morgan fingerprint density at radius 3 is 2.60 bits per heavy atom. The van der Waals surface area contributed by atoms with E-state index in [1.54, 1.807) is 0 Å². The van der Waals surface area contributed by atoms with Gasteiger partial charge in [0, 0.05) is 13.0 Å². The summed E-state index contributed by atoms with van der Waals surface area (Å²) in [6.45, 7) is 7.45. The van der Waals surface area contributed by atoms with Crippen molar-refractivity contribution in [2.24, 2.45) is 5.92 Å². The monoisotopic (exact) mass is 277 g/mol. The van der Waals surface area contributed by atoms with E-state index < -0.39 is 0 Å². The zero-order valence-corrected chi connectivity index (χ0v) is 12.2. The van der Waals surface area contributed by atoms with Gasteiger partial charge in [0.15, 0.2) is 0 Å². The number of hydrogen-bond donors (Lipinski definition) is 0. The van der Waals surface area contributed by atoms with Gasteiger partial charge in [0.05, 0.1) is 5.92 Å². The molecule has 1 fully saturated rings. The number of likely N-dealkylation sites (N-methyl/N-ethyl adjacent to an activating group) is 1. The third-order valence-electron chi connectivity index (χ3n) is 3.61. The average Bonchev–Trinajstić information content (AvgIpc) is 3.24. The summed E-state index contributed by atoms with van der Waals surface area (Å²) in [5.41, 5.74) is 0. The van der Waals surface area contributed by atoms with Crippen molar-refractivity contribution >= 4 is 5.97 Å². The largest absolute Gasteiger partial charge is 0.490 e. The Labute approximate surface area is 120 Å². The molecule has 4 heteroatoms. The van der Waals surface area contributed by atoms with Crippen LogP contribution in [0.2, 0.25) is 0 Å². The van der Waals surface area contributed by atoms with Crippen LogP contribution in [-0.4, -0.2) is 43.2 Å². The first-order chi connectivity index (χ1) is 9.74. The van der Waals surface area contributed by atoms with Gasteiger partial charge in [-0.2, -0.15) is 0 Å². The number of benzene rings is 1. The van der Waals surface area contributed by atoms with E-state index in [2.05, 4.69) is 18.7 Å². The Morgan fingerprint density at radius 1 is 1.25 bits per heavy atom. The van der Waals surface area contributed by atoms with Gasteiger partial charge in [-0.25, -0.2) is 0 Å². The minimum absolute atomic E-state index is 0.0154. The molecule has 1 aliphatic rings. The molecule has 0 aromatic heterocycles. The SMILES string of the molecule is CCN(CC)CCOC(=O)[C@@H]1C[C@H]1Oc1ccccc1. The van der Waals surface area contributed by atoms with Gasteiger partial charge in [0.2, 0.25) is 0 Å². The molecule has 1 aromatic rings. The number of rotatable bonds is 8. The van der Waals surface area contributed by atoms with Gasteiger partial charge in [0.25, 0.3) is 0 Å². The third-order valence-corrected chi connectivity index (χ3v) is 3.61. The molecule has 1 saturated carbocycles. The summed E-state index contributed by atoms with van der Waals surface area (Å²) in [4.78, 5) is 14.1. The summed E-state index contributed by atoms with van der Waals surface area (Å²) < 4.78 is 11.0. The maximum Gasteiger partial charge on any atom is 0.312 e. The second kappa shape index (κ2) is 7.29. The normalized spacial score (nSPS) is 20.8. The fourth-order valence-electron chi connectivity index (χ4n) is 2.15. The maximum absolute atomic E-state index is 11.8. The number of carbonyl (C=O) groups excluding carboxylic acids is 1. The van der Waals surface area contributed by atoms with Crippen LogP contribution in [0.1, 0.15) is 20.3 Å². The molecule has 0 heterocycles. The quantitative estimate of drug-likeness (QED) is 0.684. The average molecular weight is 277 g/mol. The molecule has 2 rings (SSSR count). The van der Waals surface area contributed by atoms with Gasteiger partial charge in [-0.05, 0) is 25.2 Å². The van der Waals surface area contributed by atoms with E-state index in [1.165, 1.54) is 0 Å². The predicted molar refractivity (Wildman–Crippen MR) is 77.7 cm³/mol. The molecule has 0 amide bonds. The highest BCUT2D eigenvalue weighted by Gasteiger charge is 2.46. The van der Waals surface area contributed by atoms with Crippen LogP contribution in [0.4, 0.5) is 0 Å². The smallest absolute Gasteiger partial charge is 0.312 e. The van der Waals surface area contributed by atoms with Crippen LogP contribution in [0.15, 0.2) is 30.3 Å². The summed E-state index contributed by atoms with van der Waals surface area (Å²) in [5.74, 6) is 0.598. The van der Waals surface area contributed by atoms with E-state index in [-0.39, 0.29) is 18.0 Å². The minimum Gasteiger partial charge on any atom is -0.490 e. The molecule has 2 atom stereocenters. The fraction of sp³-hybridized carbons (Fsp3) is 0.562. The lowest BCUT2D eigenvalue weighted by Gasteiger charge is -2.17. The van der Waals surface area contributed by atoms with Crippen molar-refractivity contribution < 1.29 is 14.3 Å². The first kappa shape index (κ1) is 14.9. The summed E-state index contributed by atoms with van der Waals surface area (Å²) in [5, 5.41) is 0. The Morgan fingerprint density at radius 2 is 1.95 bits per heavy atom. The van der Waals surface area contributed by atoms with Gasteiger partial charge < -0.3 is 14.4 Å². The number of esters is 1. The second-order valence-corrected chi connectivity index (χ2v) is 5.01. The van der Waals surface area contributed by atoms with Crippen molar-refractivity contribution in [1.82, 2.24) is 4.90 Å². The van der Waals surface area contributed by atoms with Crippen LogP contribution in [0, 0.1) is 5.92 Å². The molecule has 1 aromatic carbocycles. The topological polar surface area (TPSA) is 38.8 Å². The van der Waals surface area contributed by atoms with Crippen molar-refractivity contribution in [2.45, 2.75) is 26.4 Å². The molecule has 0 radical (unpaired) electrons. The Bertz CT molecular complexity index is 417. The lowest BCUT2D eigenvalue weighted by molar-refractivity contribution is -0.146. The molecule has 20 heavy (non-hydrogen) atoms. The van der Waals surface area contributed by atoms with Gasteiger partial charge in [0.1, 0.15) is 18.5 Å². The molecule has 1 aliphatic carbocycles. The highest BCUT2D eigenvalue weighted by atomic mass is 16.5. The van der Waals surface area contributed by atoms with Gasteiger partial charge >= 0.3 is 5.97 Å². The first-order valence-corrected chi connectivity index (χ1v) is 7.35. The van der Waals surface area contributed by atoms with Crippen molar-refractivity contribution in [3.63, 3.8) is 0 Å². The zero-order chi connectivity index (χ0) is 14.4. The maximum atomic E-state index is 11.8. The lowest BCUT2D eigenvalue weighted by Crippen LogP contribution is -2.28. The van der Waals surface area contributed by atoms with E-state index in [0.29, 0.717) is 6.61 Å². The number of nitrogens with zero attached hydrogens (tertiary/aromatic N) is 1. The van der Waals surface area contributed by atoms with Crippen LogP contribution >= 0.6 is 0 Å². The van der Waals surface area contributed by atoms with Crippen LogP contribution in [0.5, 0.6) is 5.75 Å². The second-order valence-electron chi connectivity index (χ2n) is 5.01. The van der Waals surface area contributed by atoms with E-state index in [4.69, 9.17) is 9.47 Å². The van der Waals surface area contributed by atoms with Crippen molar-refractivity contribution in [2.75, 3.05) is 26.2 Å². The molecule has 110 valence electrons. The Balaban J connectivity index is 1.66. The Kier molecular flexibility index (Phi) is 5.41. The van der Waals surface area contributed by atoms with E-state index in [9.17, 15) is 4.79 Å². The standard InChI is InChI=1S/C16H23NO3/c1-3-17(4-2)10-11-19-16(18)14-12-15(14)20-13-8-6-5-7-9-13/h5-9,14-15H,3-4,10-12H2,1-2H3/t14-,15-/m1/s1. The number of ether oxygens (including phenoxy) is 2. The number of para-hydroxylation sites is 1. The molecule has 0 unspecified atom stereocenters. The fourth-order valence-corrected chi connectivity index (χ4v) is 2.15. The van der Waals surface area contributed by atoms with Crippen LogP contribution in [0.3, 0.4) is 0 Å². The van der Waals surface area contributed by atoms with Crippen LogP contribution in [0.25, 0.3) is 0 Å². The van der Waals surface area contributed by atoms with Crippen molar-refractivity contribution in [3.05, 3.63) is 30.3 Å². The first-order valence-electron chi connectivity index (χ1n) is 7.35. The van der Waals surface area contributed by atoms with E-state index in [0.717, 1.165) is 31.8 Å². The molecule has 4 nitrogen and oxygen atoms in total. The van der Waals surface area contributed by atoms with Crippen molar-refractivity contribution in [1.29, 1.82) is 0 Å². The summed E-state index contributed by atoms with van der Waals surface area (Å²) in [7, 11) is 0. The lowest BCUT2D eigenvalue weighted by atomic mass is 10.3. The van der Waals surface area contributed by atoms with Crippen molar-refractivity contribution in [3.8, 4) is 5.75 Å². The molecule has 0 spiro atoms. The summed E-state index contributed by atoms with van der Waals surface area (Å²) >= 11 is 0. The molecule has 0 aliphatic heterocycles. The molecule has 0 N–H and O–H groups in total. The van der Waals surface area contributed by atoms with E-state index >= 15 is 0 Å². The third kappa shape index (κ3) is 4.23. The summed E-state index contributed by atoms with van der Waals surface area (Å²) in [6, 6.07) is 9.60. The zero-order valence-electron chi connectivity index (χ0n) is 12.2. The summed E-state index contributed by atoms with van der Waals surface area (Å²) in [6.07, 6.45) is 0.747. The van der Waals surface area contributed by atoms with Gasteiger partial charge in [-0.3, -0.25) is 4.79 Å².